The molecular formula is C13H14O4. The minimum atomic E-state index is -1.16. The Morgan fingerprint density at radius 3 is 2.41 bits per heavy atom. The monoisotopic (exact) mass is 234 g/mol. The van der Waals surface area contributed by atoms with E-state index in [1.54, 1.807) is 31.2 Å². The lowest BCUT2D eigenvalue weighted by Crippen LogP contribution is -2.43. The lowest BCUT2D eigenvalue weighted by Gasteiger charge is -2.26. The highest BCUT2D eigenvalue weighted by atomic mass is 16.5. The number of aliphatic carboxylic acids is 1. The fourth-order valence-electron chi connectivity index (χ4n) is 1.80. The summed E-state index contributed by atoms with van der Waals surface area (Å²) >= 11 is 0. The maximum atomic E-state index is 11.2. The molecule has 0 radical (unpaired) electrons. The number of rotatable bonds is 5. The summed E-state index contributed by atoms with van der Waals surface area (Å²) in [6.45, 7) is 1.60. The van der Waals surface area contributed by atoms with Gasteiger partial charge in [-0.3, -0.25) is 4.79 Å². The van der Waals surface area contributed by atoms with E-state index in [4.69, 9.17) is 4.74 Å². The molecule has 1 aromatic rings. The van der Waals surface area contributed by atoms with Gasteiger partial charge in [-0.25, -0.2) is 4.79 Å². The lowest BCUT2D eigenvalue weighted by atomic mass is 10.0. The summed E-state index contributed by atoms with van der Waals surface area (Å²) in [5.74, 6) is -0.391. The van der Waals surface area contributed by atoms with Gasteiger partial charge in [0.25, 0.3) is 0 Å². The van der Waals surface area contributed by atoms with E-state index in [2.05, 4.69) is 0 Å². The minimum Gasteiger partial charge on any atom is -0.478 e. The van der Waals surface area contributed by atoms with Crippen LogP contribution >= 0.6 is 0 Å². The van der Waals surface area contributed by atoms with E-state index in [1.807, 2.05) is 0 Å². The first kappa shape index (κ1) is 11.6. The van der Waals surface area contributed by atoms with Crippen molar-refractivity contribution in [2.24, 2.45) is 5.92 Å². The van der Waals surface area contributed by atoms with Crippen LogP contribution in [0.3, 0.4) is 0 Å². The quantitative estimate of drug-likeness (QED) is 0.793. The number of ether oxygens (including phenoxy) is 1. The van der Waals surface area contributed by atoms with Crippen LogP contribution in [0.25, 0.3) is 0 Å². The molecule has 1 unspecified atom stereocenters. The molecule has 2 rings (SSSR count). The van der Waals surface area contributed by atoms with Crippen LogP contribution in [0.1, 0.15) is 30.1 Å². The standard InChI is InChI=1S/C13H14O4/c1-13(12(15)16,10-4-5-10)17-11-6-2-9(8-14)3-7-11/h2-3,6-8,10H,4-5H2,1H3,(H,15,16). The molecule has 0 heterocycles. The summed E-state index contributed by atoms with van der Waals surface area (Å²) in [4.78, 5) is 21.7. The first-order valence-corrected chi connectivity index (χ1v) is 5.54. The van der Waals surface area contributed by atoms with Gasteiger partial charge >= 0.3 is 5.97 Å². The zero-order chi connectivity index (χ0) is 12.5. The molecular weight excluding hydrogens is 220 g/mol. The van der Waals surface area contributed by atoms with E-state index < -0.39 is 11.6 Å². The summed E-state index contributed by atoms with van der Waals surface area (Å²) in [7, 11) is 0. The maximum Gasteiger partial charge on any atom is 0.348 e. The van der Waals surface area contributed by atoms with Crippen molar-refractivity contribution in [1.82, 2.24) is 0 Å². The Morgan fingerprint density at radius 1 is 1.41 bits per heavy atom. The van der Waals surface area contributed by atoms with Crippen LogP contribution in [0, 0.1) is 5.92 Å². The van der Waals surface area contributed by atoms with Gasteiger partial charge in [0, 0.05) is 11.5 Å². The van der Waals surface area contributed by atoms with Crippen LogP contribution in [0.15, 0.2) is 24.3 Å². The molecule has 1 atom stereocenters. The highest BCUT2D eigenvalue weighted by Crippen LogP contribution is 2.42. The number of aldehydes is 1. The summed E-state index contributed by atoms with van der Waals surface area (Å²) in [6, 6.07) is 6.45. The Kier molecular flexibility index (Phi) is 2.88. The second kappa shape index (κ2) is 4.20. The predicted molar refractivity (Wildman–Crippen MR) is 61.2 cm³/mol. The Morgan fingerprint density at radius 2 is 2.00 bits per heavy atom. The molecule has 1 aliphatic carbocycles. The zero-order valence-corrected chi connectivity index (χ0v) is 9.55. The van der Waals surface area contributed by atoms with E-state index in [0.717, 1.165) is 19.1 Å². The number of carboxylic acid groups (broad SMARTS) is 1. The third kappa shape index (κ3) is 2.30. The van der Waals surface area contributed by atoms with Gasteiger partial charge in [0.2, 0.25) is 5.60 Å². The first-order valence-electron chi connectivity index (χ1n) is 5.54. The van der Waals surface area contributed by atoms with Crippen LogP contribution in [-0.4, -0.2) is 23.0 Å². The van der Waals surface area contributed by atoms with Crippen molar-refractivity contribution in [2.45, 2.75) is 25.4 Å². The van der Waals surface area contributed by atoms with Crippen molar-refractivity contribution in [3.8, 4) is 5.75 Å². The van der Waals surface area contributed by atoms with Gasteiger partial charge in [-0.15, -0.1) is 0 Å². The smallest absolute Gasteiger partial charge is 0.348 e. The first-order chi connectivity index (χ1) is 8.06. The number of carbonyl (C=O) groups is 2. The SMILES string of the molecule is CC(Oc1ccc(C=O)cc1)(C(=O)O)C1CC1. The van der Waals surface area contributed by atoms with Crippen molar-refractivity contribution in [3.05, 3.63) is 29.8 Å². The second-order valence-corrected chi connectivity index (χ2v) is 4.48. The summed E-state index contributed by atoms with van der Waals surface area (Å²) in [5, 5.41) is 9.22. The third-order valence-electron chi connectivity index (χ3n) is 3.13. The van der Waals surface area contributed by atoms with Gasteiger partial charge in [0.05, 0.1) is 0 Å². The molecule has 0 saturated heterocycles. The summed E-state index contributed by atoms with van der Waals surface area (Å²) < 4.78 is 5.57. The normalized spacial score (nSPS) is 18.2. The lowest BCUT2D eigenvalue weighted by molar-refractivity contribution is -0.155. The van der Waals surface area contributed by atoms with Gasteiger partial charge in [-0.05, 0) is 44.0 Å². The van der Waals surface area contributed by atoms with E-state index in [-0.39, 0.29) is 5.92 Å². The molecule has 90 valence electrons. The number of hydrogen-bond donors (Lipinski definition) is 1. The van der Waals surface area contributed by atoms with Crippen molar-refractivity contribution >= 4 is 12.3 Å². The van der Waals surface area contributed by atoms with Gasteiger partial charge < -0.3 is 9.84 Å². The molecule has 17 heavy (non-hydrogen) atoms. The van der Waals surface area contributed by atoms with Crippen LogP contribution in [0.5, 0.6) is 5.75 Å². The second-order valence-electron chi connectivity index (χ2n) is 4.48. The molecule has 0 bridgehead atoms. The molecule has 4 nitrogen and oxygen atoms in total. The predicted octanol–water partition coefficient (Wildman–Crippen LogP) is 2.13. The molecule has 0 aliphatic heterocycles. The van der Waals surface area contributed by atoms with E-state index in [0.29, 0.717) is 11.3 Å². The Hall–Kier alpha value is -1.84. The van der Waals surface area contributed by atoms with Gasteiger partial charge in [0.1, 0.15) is 12.0 Å². The molecule has 1 aliphatic rings. The third-order valence-corrected chi connectivity index (χ3v) is 3.13. The molecule has 0 spiro atoms. The van der Waals surface area contributed by atoms with Gasteiger partial charge in [-0.1, -0.05) is 0 Å². The Bertz CT molecular complexity index is 433. The average molecular weight is 234 g/mol. The molecule has 1 saturated carbocycles. The fraction of sp³-hybridized carbons (Fsp3) is 0.385. The van der Waals surface area contributed by atoms with Crippen molar-refractivity contribution < 1.29 is 19.4 Å². The van der Waals surface area contributed by atoms with Gasteiger partial charge in [0.15, 0.2) is 0 Å². The van der Waals surface area contributed by atoms with Crippen LogP contribution in [-0.2, 0) is 4.79 Å². The van der Waals surface area contributed by atoms with Crippen molar-refractivity contribution in [1.29, 1.82) is 0 Å². The number of benzene rings is 1. The number of carboxylic acids is 1. The minimum absolute atomic E-state index is 0.0748. The molecule has 0 aromatic heterocycles. The van der Waals surface area contributed by atoms with E-state index in [9.17, 15) is 14.7 Å². The molecule has 0 amide bonds. The topological polar surface area (TPSA) is 63.6 Å². The van der Waals surface area contributed by atoms with Crippen molar-refractivity contribution in [3.63, 3.8) is 0 Å². The number of hydrogen-bond acceptors (Lipinski definition) is 3. The summed E-state index contributed by atoms with van der Waals surface area (Å²) in [6.07, 6.45) is 2.51. The molecule has 1 aromatic carbocycles. The van der Waals surface area contributed by atoms with Crippen LogP contribution in [0.4, 0.5) is 0 Å². The Balaban J connectivity index is 2.17. The molecule has 1 fully saturated rings. The van der Waals surface area contributed by atoms with E-state index >= 15 is 0 Å². The molecule has 1 N–H and O–H groups in total. The summed E-state index contributed by atoms with van der Waals surface area (Å²) in [5.41, 5.74) is -0.622. The highest BCUT2D eigenvalue weighted by molar-refractivity contribution is 5.78. The van der Waals surface area contributed by atoms with E-state index in [1.165, 1.54) is 0 Å². The highest BCUT2D eigenvalue weighted by Gasteiger charge is 2.49. The fourth-order valence-corrected chi connectivity index (χ4v) is 1.80. The largest absolute Gasteiger partial charge is 0.478 e. The number of carbonyl (C=O) groups excluding carboxylic acids is 1. The maximum absolute atomic E-state index is 11.2. The van der Waals surface area contributed by atoms with Crippen LogP contribution in [0.2, 0.25) is 0 Å². The zero-order valence-electron chi connectivity index (χ0n) is 9.55. The average Bonchev–Trinajstić information content (AvgIpc) is 3.13. The van der Waals surface area contributed by atoms with Crippen molar-refractivity contribution in [2.75, 3.05) is 0 Å². The Labute approximate surface area is 99.2 Å². The molecule has 4 heteroatoms. The van der Waals surface area contributed by atoms with Gasteiger partial charge in [-0.2, -0.15) is 0 Å². The van der Waals surface area contributed by atoms with Crippen LogP contribution < -0.4 is 4.74 Å².